The molecule has 2 aromatic rings. The lowest BCUT2D eigenvalue weighted by molar-refractivity contribution is -0.117. The molecule has 0 aliphatic carbocycles. The van der Waals surface area contributed by atoms with Crippen LogP contribution in [0.4, 0.5) is 5.69 Å². The van der Waals surface area contributed by atoms with Crippen LogP contribution >= 0.6 is 11.6 Å². The fourth-order valence-electron chi connectivity index (χ4n) is 3.23. The number of amides is 2. The Bertz CT molecular complexity index is 811. The van der Waals surface area contributed by atoms with Crippen LogP contribution in [0.3, 0.4) is 0 Å². The Morgan fingerprint density at radius 3 is 2.71 bits per heavy atom. The average Bonchev–Trinajstić information content (AvgIpc) is 3.13. The number of hydrogen-bond acceptors (Lipinski definition) is 3. The van der Waals surface area contributed by atoms with E-state index >= 15 is 0 Å². The molecule has 0 saturated carbocycles. The number of rotatable bonds is 9. The van der Waals surface area contributed by atoms with Crippen LogP contribution < -0.4 is 10.2 Å². The van der Waals surface area contributed by atoms with E-state index in [-0.39, 0.29) is 11.8 Å². The molecule has 28 heavy (non-hydrogen) atoms. The number of carbonyl (C=O) groups excluding carboxylic acids is 2. The van der Waals surface area contributed by atoms with Crippen LogP contribution in [-0.2, 0) is 16.0 Å². The minimum atomic E-state index is -0.198. The molecule has 1 N–H and O–H groups in total. The van der Waals surface area contributed by atoms with Crippen LogP contribution in [0.2, 0.25) is 5.02 Å². The Balaban J connectivity index is 1.43. The summed E-state index contributed by atoms with van der Waals surface area (Å²) < 4.78 is 5.64. The standard InChI is InChI=1S/C22H25ClN2O3/c23-18-9-10-19(20(16-18)25-13-4-8-21(25)26)22(27)24-12-5-14-28-15-11-17-6-2-1-3-7-17/h1-3,6-7,9-10,16H,4-5,8,11-15H2,(H,24,27). The Morgan fingerprint density at radius 1 is 1.14 bits per heavy atom. The quantitative estimate of drug-likeness (QED) is 0.650. The minimum absolute atomic E-state index is 0.0307. The third-order valence-electron chi connectivity index (χ3n) is 4.70. The van der Waals surface area contributed by atoms with E-state index in [2.05, 4.69) is 17.4 Å². The van der Waals surface area contributed by atoms with Crippen molar-refractivity contribution in [3.05, 3.63) is 64.7 Å². The van der Waals surface area contributed by atoms with Crippen molar-refractivity contribution < 1.29 is 14.3 Å². The SMILES string of the molecule is O=C(NCCCOCCc1ccccc1)c1ccc(Cl)cc1N1CCCC1=O. The zero-order valence-electron chi connectivity index (χ0n) is 15.8. The summed E-state index contributed by atoms with van der Waals surface area (Å²) in [6.45, 7) is 2.39. The lowest BCUT2D eigenvalue weighted by atomic mass is 10.1. The molecule has 1 saturated heterocycles. The molecule has 0 aromatic heterocycles. The number of carbonyl (C=O) groups is 2. The van der Waals surface area contributed by atoms with Gasteiger partial charge in [0, 0.05) is 31.1 Å². The van der Waals surface area contributed by atoms with Crippen LogP contribution in [0.15, 0.2) is 48.5 Å². The van der Waals surface area contributed by atoms with Crippen molar-refractivity contribution in [1.82, 2.24) is 5.32 Å². The van der Waals surface area contributed by atoms with Gasteiger partial charge in [0.25, 0.3) is 5.91 Å². The van der Waals surface area contributed by atoms with Gasteiger partial charge in [-0.05, 0) is 43.0 Å². The van der Waals surface area contributed by atoms with E-state index in [0.717, 1.165) is 19.3 Å². The maximum atomic E-state index is 12.6. The second-order valence-corrected chi connectivity index (χ2v) is 7.20. The van der Waals surface area contributed by atoms with Gasteiger partial charge in [-0.1, -0.05) is 41.9 Å². The molecule has 0 spiro atoms. The van der Waals surface area contributed by atoms with E-state index in [1.165, 1.54) is 5.56 Å². The van der Waals surface area contributed by atoms with Crippen LogP contribution in [0.1, 0.15) is 35.2 Å². The van der Waals surface area contributed by atoms with Crippen LogP contribution in [-0.4, -0.2) is 38.1 Å². The molecule has 3 rings (SSSR count). The molecule has 6 heteroatoms. The van der Waals surface area contributed by atoms with E-state index < -0.39 is 0 Å². The van der Waals surface area contributed by atoms with E-state index in [9.17, 15) is 9.59 Å². The van der Waals surface area contributed by atoms with Gasteiger partial charge in [-0.2, -0.15) is 0 Å². The Hall–Kier alpha value is -2.37. The van der Waals surface area contributed by atoms with Gasteiger partial charge in [0.2, 0.25) is 5.91 Å². The van der Waals surface area contributed by atoms with Crippen molar-refractivity contribution in [2.75, 3.05) is 31.2 Å². The second-order valence-electron chi connectivity index (χ2n) is 6.77. The molecule has 1 heterocycles. The second kappa shape index (κ2) is 10.2. The van der Waals surface area contributed by atoms with Gasteiger partial charge < -0.3 is 15.0 Å². The zero-order chi connectivity index (χ0) is 19.8. The summed E-state index contributed by atoms with van der Waals surface area (Å²) in [6.07, 6.45) is 2.91. The summed E-state index contributed by atoms with van der Waals surface area (Å²) in [5, 5.41) is 3.42. The fraction of sp³-hybridized carbons (Fsp3) is 0.364. The first-order valence-electron chi connectivity index (χ1n) is 9.65. The molecule has 1 aliphatic heterocycles. The average molecular weight is 401 g/mol. The van der Waals surface area contributed by atoms with Gasteiger partial charge in [0.15, 0.2) is 0 Å². The van der Waals surface area contributed by atoms with Gasteiger partial charge in [-0.3, -0.25) is 9.59 Å². The molecule has 5 nitrogen and oxygen atoms in total. The van der Waals surface area contributed by atoms with Gasteiger partial charge in [0.1, 0.15) is 0 Å². The Morgan fingerprint density at radius 2 is 1.96 bits per heavy atom. The maximum absolute atomic E-state index is 12.6. The summed E-state index contributed by atoms with van der Waals surface area (Å²) in [7, 11) is 0. The number of anilines is 1. The largest absolute Gasteiger partial charge is 0.381 e. The van der Waals surface area contributed by atoms with Crippen molar-refractivity contribution in [1.29, 1.82) is 0 Å². The van der Waals surface area contributed by atoms with Crippen molar-refractivity contribution >= 4 is 29.1 Å². The van der Waals surface area contributed by atoms with Gasteiger partial charge in [0.05, 0.1) is 17.9 Å². The van der Waals surface area contributed by atoms with Crippen molar-refractivity contribution in [3.63, 3.8) is 0 Å². The normalized spacial score (nSPS) is 13.8. The monoisotopic (exact) mass is 400 g/mol. The molecule has 2 aromatic carbocycles. The van der Waals surface area contributed by atoms with E-state index in [1.807, 2.05) is 18.2 Å². The van der Waals surface area contributed by atoms with Gasteiger partial charge in [-0.25, -0.2) is 0 Å². The molecule has 0 bridgehead atoms. The molecule has 0 unspecified atom stereocenters. The maximum Gasteiger partial charge on any atom is 0.253 e. The highest BCUT2D eigenvalue weighted by atomic mass is 35.5. The van der Waals surface area contributed by atoms with E-state index in [1.54, 1.807) is 23.1 Å². The molecular weight excluding hydrogens is 376 g/mol. The third-order valence-corrected chi connectivity index (χ3v) is 4.93. The Labute approximate surface area is 170 Å². The fourth-order valence-corrected chi connectivity index (χ4v) is 3.40. The number of ether oxygens (including phenoxy) is 1. The van der Waals surface area contributed by atoms with Gasteiger partial charge in [-0.15, -0.1) is 0 Å². The number of benzene rings is 2. The van der Waals surface area contributed by atoms with Crippen molar-refractivity contribution in [2.45, 2.75) is 25.7 Å². The van der Waals surface area contributed by atoms with Crippen molar-refractivity contribution in [2.24, 2.45) is 0 Å². The summed E-state index contributed by atoms with van der Waals surface area (Å²) >= 11 is 6.08. The summed E-state index contributed by atoms with van der Waals surface area (Å²) in [6, 6.07) is 15.2. The first kappa shape index (κ1) is 20.4. The van der Waals surface area contributed by atoms with Crippen LogP contribution in [0, 0.1) is 0 Å². The number of nitrogens with one attached hydrogen (secondary N) is 1. The minimum Gasteiger partial charge on any atom is -0.381 e. The highest BCUT2D eigenvalue weighted by molar-refractivity contribution is 6.31. The number of nitrogens with zero attached hydrogens (tertiary/aromatic N) is 1. The molecule has 148 valence electrons. The summed E-state index contributed by atoms with van der Waals surface area (Å²) in [5.41, 5.74) is 2.32. The lowest BCUT2D eigenvalue weighted by Gasteiger charge is -2.19. The van der Waals surface area contributed by atoms with Crippen LogP contribution in [0.5, 0.6) is 0 Å². The first-order chi connectivity index (χ1) is 13.6. The predicted molar refractivity (Wildman–Crippen MR) is 111 cm³/mol. The molecule has 2 amide bonds. The number of halogens is 1. The van der Waals surface area contributed by atoms with E-state index in [4.69, 9.17) is 16.3 Å². The molecule has 1 aliphatic rings. The van der Waals surface area contributed by atoms with E-state index in [0.29, 0.717) is 49.0 Å². The Kier molecular flexibility index (Phi) is 7.46. The van der Waals surface area contributed by atoms with Crippen molar-refractivity contribution in [3.8, 4) is 0 Å². The first-order valence-corrected chi connectivity index (χ1v) is 10.0. The third kappa shape index (κ3) is 5.57. The highest BCUT2D eigenvalue weighted by Gasteiger charge is 2.26. The molecular formula is C22H25ClN2O3. The summed E-state index contributed by atoms with van der Waals surface area (Å²) in [5.74, 6) is -0.168. The topological polar surface area (TPSA) is 58.6 Å². The predicted octanol–water partition coefficient (Wildman–Crippen LogP) is 3.85. The molecule has 0 atom stereocenters. The van der Waals surface area contributed by atoms with Crippen LogP contribution in [0.25, 0.3) is 0 Å². The zero-order valence-corrected chi connectivity index (χ0v) is 16.6. The molecule has 1 fully saturated rings. The molecule has 0 radical (unpaired) electrons. The lowest BCUT2D eigenvalue weighted by Crippen LogP contribution is -2.30. The summed E-state index contributed by atoms with van der Waals surface area (Å²) in [4.78, 5) is 26.3. The highest BCUT2D eigenvalue weighted by Crippen LogP contribution is 2.28. The number of hydrogen-bond donors (Lipinski definition) is 1. The smallest absolute Gasteiger partial charge is 0.253 e. The van der Waals surface area contributed by atoms with Gasteiger partial charge >= 0.3 is 0 Å².